The molecule has 4 heteroatoms. The summed E-state index contributed by atoms with van der Waals surface area (Å²) in [6, 6.07) is 13.0. The van der Waals surface area contributed by atoms with Crippen LogP contribution < -0.4 is 10.1 Å². The van der Waals surface area contributed by atoms with Crippen LogP contribution in [0.25, 0.3) is 0 Å². The van der Waals surface area contributed by atoms with Crippen molar-refractivity contribution in [3.63, 3.8) is 0 Å². The summed E-state index contributed by atoms with van der Waals surface area (Å²) < 4.78 is 5.75. The molecule has 0 amide bonds. The average molecular weight is 318 g/mol. The average Bonchev–Trinajstić information content (AvgIpc) is 2.96. The first-order valence-electron chi connectivity index (χ1n) is 7.72. The number of likely N-dealkylation sites (N-methyl/N-ethyl adjacent to an activating group) is 1. The Bertz CT molecular complexity index is 552. The van der Waals surface area contributed by atoms with Gasteiger partial charge in [0.05, 0.1) is 12.1 Å². The lowest BCUT2D eigenvalue weighted by atomic mass is 10.2. The molecule has 0 fully saturated rings. The SMILES string of the molecule is CC(C)Oc1cccc(CNCC(c2cccs2)N(C)C)c1. The van der Waals surface area contributed by atoms with Crippen LogP contribution in [0.3, 0.4) is 0 Å². The maximum atomic E-state index is 5.75. The van der Waals surface area contributed by atoms with Gasteiger partial charge < -0.3 is 15.0 Å². The molecule has 3 nitrogen and oxygen atoms in total. The minimum absolute atomic E-state index is 0.208. The fraction of sp³-hybridized carbons (Fsp3) is 0.444. The number of benzene rings is 1. The smallest absolute Gasteiger partial charge is 0.120 e. The highest BCUT2D eigenvalue weighted by Crippen LogP contribution is 2.22. The lowest BCUT2D eigenvalue weighted by molar-refractivity contribution is 0.242. The van der Waals surface area contributed by atoms with Crippen LogP contribution in [0.1, 0.15) is 30.3 Å². The van der Waals surface area contributed by atoms with Crippen molar-refractivity contribution in [2.24, 2.45) is 0 Å². The Morgan fingerprint density at radius 1 is 1.18 bits per heavy atom. The predicted octanol–water partition coefficient (Wildman–Crippen LogP) is 3.93. The quantitative estimate of drug-likeness (QED) is 0.798. The monoisotopic (exact) mass is 318 g/mol. The molecule has 1 N–H and O–H groups in total. The highest BCUT2D eigenvalue weighted by atomic mass is 32.1. The highest BCUT2D eigenvalue weighted by molar-refractivity contribution is 7.10. The first-order valence-corrected chi connectivity index (χ1v) is 8.60. The molecule has 0 aliphatic heterocycles. The van der Waals surface area contributed by atoms with Crippen LogP contribution in [0.15, 0.2) is 41.8 Å². The van der Waals surface area contributed by atoms with Gasteiger partial charge in [0.2, 0.25) is 0 Å². The summed E-state index contributed by atoms with van der Waals surface area (Å²) >= 11 is 1.81. The van der Waals surface area contributed by atoms with Crippen molar-refractivity contribution in [2.75, 3.05) is 20.6 Å². The topological polar surface area (TPSA) is 24.5 Å². The molecular weight excluding hydrogens is 292 g/mol. The first kappa shape index (κ1) is 17.0. The van der Waals surface area contributed by atoms with Crippen molar-refractivity contribution in [1.29, 1.82) is 0 Å². The summed E-state index contributed by atoms with van der Waals surface area (Å²) in [6.07, 6.45) is 0.208. The van der Waals surface area contributed by atoms with E-state index in [0.717, 1.165) is 18.8 Å². The fourth-order valence-corrected chi connectivity index (χ4v) is 3.30. The molecule has 1 heterocycles. The summed E-state index contributed by atoms with van der Waals surface area (Å²) in [5.74, 6) is 0.941. The van der Waals surface area contributed by atoms with Gasteiger partial charge in [-0.15, -0.1) is 11.3 Å². The third-order valence-electron chi connectivity index (χ3n) is 3.43. The third-order valence-corrected chi connectivity index (χ3v) is 4.41. The summed E-state index contributed by atoms with van der Waals surface area (Å²) in [5, 5.41) is 5.70. The number of ether oxygens (including phenoxy) is 1. The van der Waals surface area contributed by atoms with Crippen molar-refractivity contribution in [3.8, 4) is 5.75 Å². The van der Waals surface area contributed by atoms with Gasteiger partial charge in [-0.2, -0.15) is 0 Å². The van der Waals surface area contributed by atoms with Crippen molar-refractivity contribution in [3.05, 3.63) is 52.2 Å². The molecule has 1 atom stereocenters. The minimum atomic E-state index is 0.208. The number of hydrogen-bond acceptors (Lipinski definition) is 4. The molecular formula is C18H26N2OS. The van der Waals surface area contributed by atoms with Crippen LogP contribution >= 0.6 is 11.3 Å². The minimum Gasteiger partial charge on any atom is -0.491 e. The number of nitrogens with zero attached hydrogens (tertiary/aromatic N) is 1. The van der Waals surface area contributed by atoms with Crippen molar-refractivity contribution < 1.29 is 4.74 Å². The van der Waals surface area contributed by atoms with Gasteiger partial charge in [0.1, 0.15) is 5.75 Å². The van der Waals surface area contributed by atoms with Gasteiger partial charge in [0, 0.05) is 18.0 Å². The Kier molecular flexibility index (Phi) is 6.43. The Balaban J connectivity index is 1.89. The number of hydrogen-bond donors (Lipinski definition) is 1. The second-order valence-electron chi connectivity index (χ2n) is 5.94. The molecule has 2 aromatic rings. The molecule has 0 saturated carbocycles. The fourth-order valence-electron chi connectivity index (χ4n) is 2.37. The van der Waals surface area contributed by atoms with E-state index in [1.165, 1.54) is 10.4 Å². The molecule has 120 valence electrons. The Morgan fingerprint density at radius 3 is 2.64 bits per heavy atom. The number of rotatable bonds is 8. The summed E-state index contributed by atoms with van der Waals surface area (Å²) in [4.78, 5) is 3.66. The van der Waals surface area contributed by atoms with E-state index in [-0.39, 0.29) is 6.10 Å². The molecule has 0 spiro atoms. The number of thiophene rings is 1. The zero-order valence-corrected chi connectivity index (χ0v) is 14.7. The normalized spacial score (nSPS) is 12.8. The van der Waals surface area contributed by atoms with E-state index in [1.54, 1.807) is 0 Å². The molecule has 0 saturated heterocycles. The van der Waals surface area contributed by atoms with Crippen LogP contribution in [-0.4, -0.2) is 31.6 Å². The molecule has 1 aromatic carbocycles. The predicted molar refractivity (Wildman–Crippen MR) is 94.7 cm³/mol. The van der Waals surface area contributed by atoms with E-state index in [2.05, 4.69) is 60.0 Å². The molecule has 2 rings (SSSR count). The maximum absolute atomic E-state index is 5.75. The molecule has 22 heavy (non-hydrogen) atoms. The van der Waals surface area contributed by atoms with E-state index in [1.807, 2.05) is 31.3 Å². The Hall–Kier alpha value is -1.36. The van der Waals surface area contributed by atoms with Gasteiger partial charge in [-0.3, -0.25) is 0 Å². The molecule has 0 aliphatic carbocycles. The van der Waals surface area contributed by atoms with Gasteiger partial charge >= 0.3 is 0 Å². The summed E-state index contributed by atoms with van der Waals surface area (Å²) in [5.41, 5.74) is 1.25. The zero-order chi connectivity index (χ0) is 15.9. The summed E-state index contributed by atoms with van der Waals surface area (Å²) in [6.45, 7) is 5.88. The molecule has 1 unspecified atom stereocenters. The van der Waals surface area contributed by atoms with Gasteiger partial charge in [-0.25, -0.2) is 0 Å². The largest absolute Gasteiger partial charge is 0.491 e. The lowest BCUT2D eigenvalue weighted by Gasteiger charge is -2.23. The van der Waals surface area contributed by atoms with Crippen LogP contribution in [0.4, 0.5) is 0 Å². The highest BCUT2D eigenvalue weighted by Gasteiger charge is 2.14. The standard InChI is InChI=1S/C18H26N2OS/c1-14(2)21-16-8-5-7-15(11-16)12-19-13-17(20(3)4)18-9-6-10-22-18/h5-11,14,17,19H,12-13H2,1-4H3. The molecule has 0 aliphatic rings. The van der Waals surface area contributed by atoms with Crippen molar-refractivity contribution in [1.82, 2.24) is 10.2 Å². The molecule has 0 radical (unpaired) electrons. The van der Waals surface area contributed by atoms with Crippen LogP contribution in [0, 0.1) is 0 Å². The maximum Gasteiger partial charge on any atom is 0.120 e. The second-order valence-corrected chi connectivity index (χ2v) is 6.92. The van der Waals surface area contributed by atoms with E-state index in [0.29, 0.717) is 6.04 Å². The van der Waals surface area contributed by atoms with E-state index in [9.17, 15) is 0 Å². The molecule has 0 bridgehead atoms. The van der Waals surface area contributed by atoms with Gasteiger partial charge in [0.25, 0.3) is 0 Å². The third kappa shape index (κ3) is 5.13. The second kappa shape index (κ2) is 8.32. The van der Waals surface area contributed by atoms with Gasteiger partial charge in [-0.05, 0) is 57.1 Å². The Morgan fingerprint density at radius 2 is 2.00 bits per heavy atom. The first-order chi connectivity index (χ1) is 10.6. The van der Waals surface area contributed by atoms with Crippen LogP contribution in [-0.2, 0) is 6.54 Å². The van der Waals surface area contributed by atoms with Crippen LogP contribution in [0.5, 0.6) is 5.75 Å². The van der Waals surface area contributed by atoms with Crippen LogP contribution in [0.2, 0.25) is 0 Å². The van der Waals surface area contributed by atoms with Gasteiger partial charge in [0.15, 0.2) is 0 Å². The van der Waals surface area contributed by atoms with E-state index in [4.69, 9.17) is 4.74 Å². The lowest BCUT2D eigenvalue weighted by Crippen LogP contribution is -2.30. The summed E-state index contributed by atoms with van der Waals surface area (Å²) in [7, 11) is 4.26. The van der Waals surface area contributed by atoms with Crippen molar-refractivity contribution in [2.45, 2.75) is 32.5 Å². The van der Waals surface area contributed by atoms with Crippen molar-refractivity contribution >= 4 is 11.3 Å². The Labute approximate surface area is 137 Å². The molecule has 1 aromatic heterocycles. The van der Waals surface area contributed by atoms with Gasteiger partial charge in [-0.1, -0.05) is 18.2 Å². The number of nitrogens with one attached hydrogen (secondary N) is 1. The van der Waals surface area contributed by atoms with E-state index < -0.39 is 0 Å². The van der Waals surface area contributed by atoms with E-state index >= 15 is 0 Å². The zero-order valence-electron chi connectivity index (χ0n) is 13.9.